The van der Waals surface area contributed by atoms with Crippen LogP contribution in [-0.2, 0) is 12.8 Å². The van der Waals surface area contributed by atoms with Gasteiger partial charge in [-0.2, -0.15) is 0 Å². The Morgan fingerprint density at radius 3 is 2.52 bits per heavy atom. The molecule has 0 amide bonds. The van der Waals surface area contributed by atoms with E-state index >= 15 is 0 Å². The summed E-state index contributed by atoms with van der Waals surface area (Å²) in [6, 6.07) is 21.7. The maximum absolute atomic E-state index is 11.4. The number of hydrogen-bond acceptors (Lipinski definition) is 10. The van der Waals surface area contributed by atoms with Crippen LogP contribution in [0.2, 0.25) is 0 Å². The van der Waals surface area contributed by atoms with Crippen LogP contribution in [0.5, 0.6) is 17.2 Å². The molecule has 6 rings (SSSR count). The number of fused-ring (bicyclic) bond motifs is 1. The van der Waals surface area contributed by atoms with Gasteiger partial charge in [0, 0.05) is 22.5 Å². The molecule has 6 aromatic rings. The monoisotopic (exact) mass is 612 g/mol. The summed E-state index contributed by atoms with van der Waals surface area (Å²) < 4.78 is 12.2. The van der Waals surface area contributed by atoms with Gasteiger partial charge >= 0.3 is 6.16 Å². The lowest BCUT2D eigenvalue weighted by atomic mass is 10.1. The minimum absolute atomic E-state index is 0.167. The number of benzene rings is 2. The molecule has 0 saturated carbocycles. The van der Waals surface area contributed by atoms with E-state index in [4.69, 9.17) is 14.5 Å². The zero-order valence-corrected chi connectivity index (χ0v) is 24.8. The van der Waals surface area contributed by atoms with Gasteiger partial charge in [0.1, 0.15) is 5.75 Å². The van der Waals surface area contributed by atoms with Crippen LogP contribution < -0.4 is 14.8 Å². The summed E-state index contributed by atoms with van der Waals surface area (Å²) in [6.45, 7) is 1.97. The molecular weight excluding hydrogens is 589 g/mol. The molecule has 0 aliphatic carbocycles. The molecule has 4 heterocycles. The highest BCUT2D eigenvalue weighted by atomic mass is 32.2. The number of nitrogens with zero attached hydrogens (tertiary/aromatic N) is 3. The summed E-state index contributed by atoms with van der Waals surface area (Å²) in [5.74, 6) is 1.84. The first-order chi connectivity index (χ1) is 20.5. The summed E-state index contributed by atoms with van der Waals surface area (Å²) in [5.41, 5.74) is 4.09. The van der Waals surface area contributed by atoms with E-state index in [-0.39, 0.29) is 5.75 Å². The van der Waals surface area contributed by atoms with Gasteiger partial charge in [0.05, 0.1) is 27.0 Å². The first-order valence-corrected chi connectivity index (χ1v) is 15.5. The fourth-order valence-corrected chi connectivity index (χ4v) is 7.05. The van der Waals surface area contributed by atoms with Crippen molar-refractivity contribution < 1.29 is 19.4 Å². The van der Waals surface area contributed by atoms with E-state index in [1.165, 1.54) is 46.2 Å². The van der Waals surface area contributed by atoms with Crippen molar-refractivity contribution in [2.45, 2.75) is 29.6 Å². The average molecular weight is 613 g/mol. The molecule has 0 unspecified atom stereocenters. The van der Waals surface area contributed by atoms with Crippen molar-refractivity contribution in [1.82, 2.24) is 15.0 Å². The molecule has 0 aliphatic heterocycles. The predicted octanol–water partition coefficient (Wildman–Crippen LogP) is 8.99. The second-order valence-electron chi connectivity index (χ2n) is 9.21. The molecule has 42 heavy (non-hydrogen) atoms. The number of hydrogen-bond donors (Lipinski definition) is 2. The normalized spacial score (nSPS) is 11.0. The van der Waals surface area contributed by atoms with E-state index in [1.807, 2.05) is 66.9 Å². The zero-order chi connectivity index (χ0) is 28.9. The van der Waals surface area contributed by atoms with E-state index in [0.29, 0.717) is 27.3 Å². The summed E-state index contributed by atoms with van der Waals surface area (Å²) in [4.78, 5) is 26.7. The molecule has 0 fully saturated rings. The van der Waals surface area contributed by atoms with Crippen LogP contribution in [0.1, 0.15) is 16.8 Å². The Morgan fingerprint density at radius 1 is 0.952 bits per heavy atom. The Morgan fingerprint density at radius 2 is 1.74 bits per heavy atom. The van der Waals surface area contributed by atoms with Crippen molar-refractivity contribution >= 4 is 61.8 Å². The predicted molar refractivity (Wildman–Crippen MR) is 167 cm³/mol. The van der Waals surface area contributed by atoms with Crippen molar-refractivity contribution in [2.24, 2.45) is 0 Å². The fraction of sp³-hybridized carbons (Fsp3) is 0.0968. The number of carbonyl (C=O) groups is 1. The number of para-hydroxylation sites is 1. The Bertz CT molecular complexity index is 1840. The number of nitrogens with one attached hydrogen (secondary N) is 1. The number of thiophene rings is 1. The molecule has 210 valence electrons. The zero-order valence-electron chi connectivity index (χ0n) is 22.3. The Labute approximate surface area is 254 Å². The van der Waals surface area contributed by atoms with E-state index in [0.717, 1.165) is 39.2 Å². The van der Waals surface area contributed by atoms with Crippen LogP contribution in [0.4, 0.5) is 15.7 Å². The molecule has 0 spiro atoms. The van der Waals surface area contributed by atoms with Crippen LogP contribution in [0.3, 0.4) is 0 Å². The van der Waals surface area contributed by atoms with Crippen molar-refractivity contribution in [3.8, 4) is 17.2 Å². The third-order valence-electron chi connectivity index (χ3n) is 6.19. The van der Waals surface area contributed by atoms with Gasteiger partial charge in [-0.3, -0.25) is 4.98 Å². The molecule has 11 heteroatoms. The topological polar surface area (TPSA) is 106 Å². The molecule has 0 radical (unpaired) electrons. The van der Waals surface area contributed by atoms with Crippen molar-refractivity contribution in [3.05, 3.63) is 107 Å². The molecule has 0 bridgehead atoms. The largest absolute Gasteiger partial charge is 0.511 e. The van der Waals surface area contributed by atoms with Gasteiger partial charge in [-0.05, 0) is 48.4 Å². The summed E-state index contributed by atoms with van der Waals surface area (Å²) in [6.07, 6.45) is 3.51. The van der Waals surface area contributed by atoms with Gasteiger partial charge in [-0.15, -0.1) is 22.7 Å². The molecule has 2 N–H and O–H groups in total. The first-order valence-electron chi connectivity index (χ1n) is 13.0. The highest BCUT2D eigenvalue weighted by Crippen LogP contribution is 2.44. The molecule has 0 aliphatic rings. The van der Waals surface area contributed by atoms with Gasteiger partial charge in [-0.1, -0.05) is 60.3 Å². The lowest BCUT2D eigenvalue weighted by Gasteiger charge is -2.13. The second-order valence-corrected chi connectivity index (χ2v) is 12.0. The third-order valence-corrected chi connectivity index (χ3v) is 9.30. The van der Waals surface area contributed by atoms with Gasteiger partial charge in [-0.25, -0.2) is 14.8 Å². The lowest BCUT2D eigenvalue weighted by Crippen LogP contribution is -2.04. The maximum atomic E-state index is 11.4. The Hall–Kier alpha value is -4.45. The van der Waals surface area contributed by atoms with Gasteiger partial charge in [0.2, 0.25) is 0 Å². The first kappa shape index (κ1) is 27.7. The minimum Gasteiger partial charge on any atom is -0.453 e. The number of aryl methyl sites for hydroxylation is 3. The molecule has 8 nitrogen and oxygen atoms in total. The van der Waals surface area contributed by atoms with Crippen molar-refractivity contribution in [1.29, 1.82) is 0 Å². The Balaban J connectivity index is 1.29. The van der Waals surface area contributed by atoms with Crippen molar-refractivity contribution in [2.75, 3.05) is 5.32 Å². The van der Waals surface area contributed by atoms with Gasteiger partial charge in [0.15, 0.2) is 22.4 Å². The third kappa shape index (κ3) is 6.54. The molecule has 0 atom stereocenters. The summed E-state index contributed by atoms with van der Waals surface area (Å²) >= 11 is 4.35. The SMILES string of the molecule is Cc1csc2c(Sc3cnc(Nc4nc(CCc5ccccc5)cs4)c(Oc4ccccc4)c3)c(OC(=O)O)cnc12. The second kappa shape index (κ2) is 12.6. The van der Waals surface area contributed by atoms with E-state index in [2.05, 4.69) is 32.8 Å². The standard InChI is InChI=1S/C31H24N4O4S3/c1-19-17-40-28-26(19)32-16-25(39-31(36)37)27(28)42-23-14-24(38-22-10-6-3-7-11-22)29(33-15-23)35-30-34-21(18-41-30)13-12-20-8-4-2-5-9-20/h2-11,14-18H,12-13H2,1H3,(H,36,37)(H,33,34,35). The van der Waals surface area contributed by atoms with Crippen LogP contribution in [0, 0.1) is 6.92 Å². The van der Waals surface area contributed by atoms with Crippen LogP contribution in [0.15, 0.2) is 99.7 Å². The number of ether oxygens (including phenoxy) is 2. The fourth-order valence-electron chi connectivity index (χ4n) is 4.20. The number of carboxylic acid groups (broad SMARTS) is 1. The highest BCUT2D eigenvalue weighted by Gasteiger charge is 2.19. The highest BCUT2D eigenvalue weighted by molar-refractivity contribution is 7.99. The number of pyridine rings is 2. The van der Waals surface area contributed by atoms with E-state index < -0.39 is 6.16 Å². The maximum Gasteiger partial charge on any atom is 0.511 e. The lowest BCUT2D eigenvalue weighted by molar-refractivity contribution is 0.143. The van der Waals surface area contributed by atoms with Crippen LogP contribution >= 0.6 is 34.4 Å². The van der Waals surface area contributed by atoms with Crippen LogP contribution in [0.25, 0.3) is 10.2 Å². The van der Waals surface area contributed by atoms with E-state index in [1.54, 1.807) is 6.20 Å². The quantitative estimate of drug-likeness (QED) is 0.147. The molecule has 4 aromatic heterocycles. The van der Waals surface area contributed by atoms with Gasteiger partial charge in [0.25, 0.3) is 0 Å². The molecule has 0 saturated heterocycles. The smallest absolute Gasteiger partial charge is 0.453 e. The minimum atomic E-state index is -1.40. The van der Waals surface area contributed by atoms with Crippen LogP contribution in [-0.4, -0.2) is 26.2 Å². The number of aromatic nitrogens is 3. The molecule has 2 aromatic carbocycles. The molecular formula is C31H24N4O4S3. The number of anilines is 2. The Kier molecular flexibility index (Phi) is 8.31. The van der Waals surface area contributed by atoms with Crippen molar-refractivity contribution in [3.63, 3.8) is 0 Å². The van der Waals surface area contributed by atoms with E-state index in [9.17, 15) is 9.90 Å². The summed E-state index contributed by atoms with van der Waals surface area (Å²) in [7, 11) is 0. The number of thiazole rings is 1. The average Bonchev–Trinajstić information content (AvgIpc) is 3.61. The summed E-state index contributed by atoms with van der Waals surface area (Å²) in [5, 5.41) is 17.4. The van der Waals surface area contributed by atoms with Gasteiger partial charge < -0.3 is 19.9 Å². The number of rotatable bonds is 10.